The molecule has 0 aliphatic heterocycles. The van der Waals surface area contributed by atoms with E-state index in [-0.39, 0.29) is 6.03 Å². The van der Waals surface area contributed by atoms with Crippen LogP contribution in [-0.4, -0.2) is 30.6 Å². The van der Waals surface area contributed by atoms with E-state index in [1.165, 1.54) is 19.3 Å². The second-order valence-electron chi connectivity index (χ2n) is 4.11. The maximum Gasteiger partial charge on any atom is 0.317 e. The number of rotatable bonds is 3. The van der Waals surface area contributed by atoms with Crippen LogP contribution in [-0.2, 0) is 0 Å². The van der Waals surface area contributed by atoms with Crippen molar-refractivity contribution in [3.63, 3.8) is 0 Å². The van der Waals surface area contributed by atoms with E-state index in [9.17, 15) is 4.79 Å². The molecule has 0 heterocycles. The average molecular weight is 209 g/mol. The molecule has 1 saturated carbocycles. The molecule has 0 aromatic rings. The van der Waals surface area contributed by atoms with Crippen molar-refractivity contribution in [3.05, 3.63) is 0 Å². The molecule has 15 heavy (non-hydrogen) atoms. The molecule has 2 amide bonds. The SMILES string of the molecule is CN(CCC#N)C(=O)NC1CCCCC1. The van der Waals surface area contributed by atoms with Gasteiger partial charge in [0.25, 0.3) is 0 Å². The van der Waals surface area contributed by atoms with Crippen LogP contribution in [0.4, 0.5) is 4.79 Å². The highest BCUT2D eigenvalue weighted by molar-refractivity contribution is 5.74. The Kier molecular flexibility index (Phi) is 4.96. The van der Waals surface area contributed by atoms with E-state index in [2.05, 4.69) is 5.32 Å². The molecule has 1 aliphatic carbocycles. The fraction of sp³-hybridized carbons (Fsp3) is 0.818. The van der Waals surface area contributed by atoms with E-state index in [4.69, 9.17) is 5.26 Å². The van der Waals surface area contributed by atoms with Crippen molar-refractivity contribution in [2.45, 2.75) is 44.6 Å². The topological polar surface area (TPSA) is 56.1 Å². The van der Waals surface area contributed by atoms with Crippen LogP contribution in [0.3, 0.4) is 0 Å². The first-order valence-electron chi connectivity index (χ1n) is 5.62. The van der Waals surface area contributed by atoms with Gasteiger partial charge in [0.05, 0.1) is 12.5 Å². The molecule has 1 aliphatic rings. The van der Waals surface area contributed by atoms with Crippen LogP contribution in [0.5, 0.6) is 0 Å². The summed E-state index contributed by atoms with van der Waals surface area (Å²) < 4.78 is 0. The molecule has 1 rings (SSSR count). The third-order valence-corrected chi connectivity index (χ3v) is 2.84. The van der Waals surface area contributed by atoms with Crippen molar-refractivity contribution >= 4 is 6.03 Å². The Bertz CT molecular complexity index is 241. The number of nitrogens with zero attached hydrogens (tertiary/aromatic N) is 2. The Morgan fingerprint density at radius 2 is 2.13 bits per heavy atom. The monoisotopic (exact) mass is 209 g/mol. The van der Waals surface area contributed by atoms with Gasteiger partial charge in [-0.2, -0.15) is 5.26 Å². The van der Waals surface area contributed by atoms with Crippen LogP contribution in [0.15, 0.2) is 0 Å². The van der Waals surface area contributed by atoms with Crippen molar-refractivity contribution in [1.29, 1.82) is 5.26 Å². The van der Waals surface area contributed by atoms with E-state index >= 15 is 0 Å². The number of nitriles is 1. The van der Waals surface area contributed by atoms with E-state index < -0.39 is 0 Å². The van der Waals surface area contributed by atoms with Crippen LogP contribution >= 0.6 is 0 Å². The van der Waals surface area contributed by atoms with Gasteiger partial charge in [0.1, 0.15) is 0 Å². The minimum absolute atomic E-state index is 0.0443. The Labute approximate surface area is 91.2 Å². The summed E-state index contributed by atoms with van der Waals surface area (Å²) >= 11 is 0. The summed E-state index contributed by atoms with van der Waals surface area (Å²) in [5.74, 6) is 0. The zero-order valence-corrected chi connectivity index (χ0v) is 9.33. The fourth-order valence-electron chi connectivity index (χ4n) is 1.85. The van der Waals surface area contributed by atoms with E-state index in [0.29, 0.717) is 19.0 Å². The molecule has 0 radical (unpaired) electrons. The van der Waals surface area contributed by atoms with Crippen LogP contribution in [0.1, 0.15) is 38.5 Å². The van der Waals surface area contributed by atoms with Crippen molar-refractivity contribution in [3.8, 4) is 6.07 Å². The smallest absolute Gasteiger partial charge is 0.317 e. The number of hydrogen-bond donors (Lipinski definition) is 1. The largest absolute Gasteiger partial charge is 0.335 e. The van der Waals surface area contributed by atoms with Gasteiger partial charge in [-0.1, -0.05) is 19.3 Å². The first kappa shape index (κ1) is 11.8. The standard InChI is InChI=1S/C11H19N3O/c1-14(9-5-8-12)11(15)13-10-6-3-2-4-7-10/h10H,2-7,9H2,1H3,(H,13,15). The maximum atomic E-state index is 11.6. The van der Waals surface area contributed by atoms with Crippen LogP contribution in [0, 0.1) is 11.3 Å². The molecule has 4 nitrogen and oxygen atoms in total. The molecule has 0 aromatic heterocycles. The first-order chi connectivity index (χ1) is 7.24. The third kappa shape index (κ3) is 4.20. The quantitative estimate of drug-likeness (QED) is 0.771. The lowest BCUT2D eigenvalue weighted by Gasteiger charge is -2.25. The lowest BCUT2D eigenvalue weighted by Crippen LogP contribution is -2.44. The Balaban J connectivity index is 2.24. The lowest BCUT2D eigenvalue weighted by atomic mass is 9.96. The van der Waals surface area contributed by atoms with E-state index in [1.807, 2.05) is 6.07 Å². The van der Waals surface area contributed by atoms with Crippen LogP contribution in [0.25, 0.3) is 0 Å². The molecule has 0 saturated heterocycles. The zero-order chi connectivity index (χ0) is 11.1. The van der Waals surface area contributed by atoms with Gasteiger partial charge < -0.3 is 10.2 Å². The minimum atomic E-state index is -0.0443. The van der Waals surface area contributed by atoms with Gasteiger partial charge in [0.15, 0.2) is 0 Å². The summed E-state index contributed by atoms with van der Waals surface area (Å²) in [5.41, 5.74) is 0. The van der Waals surface area contributed by atoms with Crippen molar-refractivity contribution in [2.75, 3.05) is 13.6 Å². The molecule has 0 spiro atoms. The second-order valence-corrected chi connectivity index (χ2v) is 4.11. The molecular formula is C11H19N3O. The number of carbonyl (C=O) groups excluding carboxylic acids is 1. The predicted octanol–water partition coefficient (Wildman–Crippen LogP) is 1.87. The van der Waals surface area contributed by atoms with Crippen LogP contribution < -0.4 is 5.32 Å². The molecular weight excluding hydrogens is 190 g/mol. The van der Waals surface area contributed by atoms with Gasteiger partial charge >= 0.3 is 6.03 Å². The third-order valence-electron chi connectivity index (χ3n) is 2.84. The van der Waals surface area contributed by atoms with E-state index in [1.54, 1.807) is 11.9 Å². The number of nitrogens with one attached hydrogen (secondary N) is 1. The summed E-state index contributed by atoms with van der Waals surface area (Å²) in [4.78, 5) is 13.2. The molecule has 4 heteroatoms. The highest BCUT2D eigenvalue weighted by atomic mass is 16.2. The number of carbonyl (C=O) groups is 1. The summed E-state index contributed by atoms with van der Waals surface area (Å²) in [6, 6.07) is 2.33. The second kappa shape index (κ2) is 6.28. The maximum absolute atomic E-state index is 11.6. The van der Waals surface area contributed by atoms with Gasteiger partial charge in [0, 0.05) is 19.6 Å². The van der Waals surface area contributed by atoms with Crippen molar-refractivity contribution < 1.29 is 4.79 Å². The van der Waals surface area contributed by atoms with Gasteiger partial charge in [-0.15, -0.1) is 0 Å². The Hall–Kier alpha value is -1.24. The number of hydrogen-bond acceptors (Lipinski definition) is 2. The summed E-state index contributed by atoms with van der Waals surface area (Å²) in [6.45, 7) is 0.509. The molecule has 1 fully saturated rings. The molecule has 0 bridgehead atoms. The molecule has 0 unspecified atom stereocenters. The number of urea groups is 1. The van der Waals surface area contributed by atoms with Crippen LogP contribution in [0.2, 0.25) is 0 Å². The van der Waals surface area contributed by atoms with Gasteiger partial charge in [-0.3, -0.25) is 0 Å². The average Bonchev–Trinajstić information content (AvgIpc) is 2.27. The molecule has 1 N–H and O–H groups in total. The number of amides is 2. The van der Waals surface area contributed by atoms with Gasteiger partial charge in [-0.25, -0.2) is 4.79 Å². The fourth-order valence-corrected chi connectivity index (χ4v) is 1.85. The molecule has 0 atom stereocenters. The molecule has 84 valence electrons. The normalized spacial score (nSPS) is 16.8. The van der Waals surface area contributed by atoms with Crippen molar-refractivity contribution in [1.82, 2.24) is 10.2 Å². The molecule has 0 aromatic carbocycles. The highest BCUT2D eigenvalue weighted by Crippen LogP contribution is 2.17. The highest BCUT2D eigenvalue weighted by Gasteiger charge is 2.17. The van der Waals surface area contributed by atoms with E-state index in [0.717, 1.165) is 12.8 Å². The summed E-state index contributed by atoms with van der Waals surface area (Å²) in [7, 11) is 1.73. The zero-order valence-electron chi connectivity index (χ0n) is 9.33. The minimum Gasteiger partial charge on any atom is -0.335 e. The predicted molar refractivity (Wildman–Crippen MR) is 58.3 cm³/mol. The summed E-state index contributed by atoms with van der Waals surface area (Å²) in [5, 5.41) is 11.4. The lowest BCUT2D eigenvalue weighted by molar-refractivity contribution is 0.201. The van der Waals surface area contributed by atoms with Crippen molar-refractivity contribution in [2.24, 2.45) is 0 Å². The van der Waals surface area contributed by atoms with Gasteiger partial charge in [0.2, 0.25) is 0 Å². The Morgan fingerprint density at radius 3 is 2.73 bits per heavy atom. The first-order valence-corrected chi connectivity index (χ1v) is 5.62. The van der Waals surface area contributed by atoms with Gasteiger partial charge in [-0.05, 0) is 12.8 Å². The summed E-state index contributed by atoms with van der Waals surface area (Å²) in [6.07, 6.45) is 6.31. The Morgan fingerprint density at radius 1 is 1.47 bits per heavy atom.